The molecule has 3 fully saturated rings. The Labute approximate surface area is 138 Å². The van der Waals surface area contributed by atoms with Crippen molar-refractivity contribution in [2.24, 2.45) is 11.8 Å². The van der Waals surface area contributed by atoms with E-state index < -0.39 is 5.54 Å². The zero-order chi connectivity index (χ0) is 14.9. The molecule has 0 aromatic rings. The standard InChI is InChI=1S/C15H26N4O2.ClH/c1-15(13(20)17-14(21)18-15)12-4-8-19(9-5-12)10-11-2-6-16-7-3-11;/h11-12,16H,2-10H2,1H3,(H2,17,18,20,21);1H. The van der Waals surface area contributed by atoms with Crippen molar-refractivity contribution < 1.29 is 9.59 Å². The molecule has 3 aliphatic rings. The molecule has 0 bridgehead atoms. The number of likely N-dealkylation sites (tertiary alicyclic amines) is 1. The lowest BCUT2D eigenvalue weighted by Crippen LogP contribution is -2.54. The zero-order valence-electron chi connectivity index (χ0n) is 13.2. The van der Waals surface area contributed by atoms with Crippen molar-refractivity contribution in [1.29, 1.82) is 0 Å². The summed E-state index contributed by atoms with van der Waals surface area (Å²) in [5, 5.41) is 8.60. The van der Waals surface area contributed by atoms with Crippen LogP contribution in [0.5, 0.6) is 0 Å². The van der Waals surface area contributed by atoms with Crippen LogP contribution in [-0.2, 0) is 4.79 Å². The fraction of sp³-hybridized carbons (Fsp3) is 0.867. The second-order valence-electron chi connectivity index (χ2n) is 6.88. The number of rotatable bonds is 3. The van der Waals surface area contributed by atoms with E-state index >= 15 is 0 Å². The van der Waals surface area contributed by atoms with E-state index in [4.69, 9.17) is 0 Å². The lowest BCUT2D eigenvalue weighted by atomic mass is 9.79. The zero-order valence-corrected chi connectivity index (χ0v) is 14.0. The Kier molecular flexibility index (Phi) is 5.69. The highest BCUT2D eigenvalue weighted by molar-refractivity contribution is 6.06. The molecule has 1 unspecified atom stereocenters. The number of urea groups is 1. The van der Waals surface area contributed by atoms with E-state index in [9.17, 15) is 9.59 Å². The van der Waals surface area contributed by atoms with Crippen molar-refractivity contribution in [1.82, 2.24) is 20.9 Å². The number of carbonyl (C=O) groups is 2. The van der Waals surface area contributed by atoms with Crippen LogP contribution in [-0.4, -0.2) is 55.1 Å². The molecule has 3 amide bonds. The number of nitrogens with zero attached hydrogens (tertiary/aromatic N) is 1. The summed E-state index contributed by atoms with van der Waals surface area (Å²) in [7, 11) is 0. The van der Waals surface area contributed by atoms with E-state index in [0.717, 1.165) is 44.9 Å². The van der Waals surface area contributed by atoms with Crippen LogP contribution in [0.2, 0.25) is 0 Å². The minimum atomic E-state index is -0.710. The fourth-order valence-corrected chi connectivity index (χ4v) is 3.97. The molecule has 7 heteroatoms. The van der Waals surface area contributed by atoms with Crippen LogP contribution in [0.1, 0.15) is 32.6 Å². The Hall–Kier alpha value is -0.850. The second-order valence-corrected chi connectivity index (χ2v) is 6.88. The van der Waals surface area contributed by atoms with E-state index in [1.165, 1.54) is 19.4 Å². The van der Waals surface area contributed by atoms with E-state index in [2.05, 4.69) is 20.9 Å². The van der Waals surface area contributed by atoms with Gasteiger partial charge in [0.2, 0.25) is 0 Å². The van der Waals surface area contributed by atoms with Crippen molar-refractivity contribution in [2.75, 3.05) is 32.7 Å². The molecule has 0 aliphatic carbocycles. The summed E-state index contributed by atoms with van der Waals surface area (Å²) in [4.78, 5) is 25.9. The summed E-state index contributed by atoms with van der Waals surface area (Å²) in [6, 6.07) is -0.348. The summed E-state index contributed by atoms with van der Waals surface area (Å²) >= 11 is 0. The molecule has 0 aromatic carbocycles. The molecule has 3 N–H and O–H groups in total. The first-order valence-electron chi connectivity index (χ1n) is 8.14. The number of nitrogens with one attached hydrogen (secondary N) is 3. The Bertz CT molecular complexity index is 420. The van der Waals surface area contributed by atoms with Gasteiger partial charge in [-0.25, -0.2) is 4.79 Å². The molecule has 3 saturated heterocycles. The van der Waals surface area contributed by atoms with E-state index in [1.807, 2.05) is 6.92 Å². The third kappa shape index (κ3) is 3.55. The van der Waals surface area contributed by atoms with Crippen molar-refractivity contribution >= 4 is 24.3 Å². The van der Waals surface area contributed by atoms with Gasteiger partial charge < -0.3 is 15.5 Å². The molecule has 126 valence electrons. The molecule has 0 spiro atoms. The van der Waals surface area contributed by atoms with Gasteiger partial charge in [0.25, 0.3) is 5.91 Å². The average molecular weight is 331 g/mol. The number of carbonyl (C=O) groups excluding carboxylic acids is 2. The minimum Gasteiger partial charge on any atom is -0.323 e. The van der Waals surface area contributed by atoms with Crippen LogP contribution in [0.15, 0.2) is 0 Å². The molecule has 3 aliphatic heterocycles. The van der Waals surface area contributed by atoms with Gasteiger partial charge in [-0.3, -0.25) is 10.1 Å². The van der Waals surface area contributed by atoms with Crippen LogP contribution in [0, 0.1) is 11.8 Å². The quantitative estimate of drug-likeness (QED) is 0.667. The third-order valence-electron chi connectivity index (χ3n) is 5.45. The van der Waals surface area contributed by atoms with Gasteiger partial charge in [0.15, 0.2) is 0 Å². The summed E-state index contributed by atoms with van der Waals surface area (Å²) in [5.74, 6) is 0.894. The average Bonchev–Trinajstić information content (AvgIpc) is 2.74. The van der Waals surface area contributed by atoms with Crippen LogP contribution >= 0.6 is 12.4 Å². The SMILES string of the molecule is CC1(C2CCN(CC3CCNCC3)CC2)NC(=O)NC1=O.Cl. The molecule has 6 nitrogen and oxygen atoms in total. The lowest BCUT2D eigenvalue weighted by Gasteiger charge is -2.40. The van der Waals surface area contributed by atoms with Gasteiger partial charge in [0.05, 0.1) is 0 Å². The van der Waals surface area contributed by atoms with Crippen molar-refractivity contribution in [3.8, 4) is 0 Å². The van der Waals surface area contributed by atoms with Gasteiger partial charge in [0, 0.05) is 6.54 Å². The topological polar surface area (TPSA) is 73.5 Å². The maximum absolute atomic E-state index is 12.0. The highest BCUT2D eigenvalue weighted by Crippen LogP contribution is 2.31. The Morgan fingerprint density at radius 2 is 1.77 bits per heavy atom. The maximum Gasteiger partial charge on any atom is 0.322 e. The number of halogens is 1. The fourth-order valence-electron chi connectivity index (χ4n) is 3.97. The molecule has 0 saturated carbocycles. The Morgan fingerprint density at radius 3 is 2.32 bits per heavy atom. The summed E-state index contributed by atoms with van der Waals surface area (Å²) < 4.78 is 0. The largest absolute Gasteiger partial charge is 0.323 e. The van der Waals surface area contributed by atoms with E-state index in [1.54, 1.807) is 0 Å². The molecule has 22 heavy (non-hydrogen) atoms. The van der Waals surface area contributed by atoms with Crippen LogP contribution < -0.4 is 16.0 Å². The maximum atomic E-state index is 12.0. The van der Waals surface area contributed by atoms with Gasteiger partial charge in [-0.2, -0.15) is 0 Å². The molecule has 1 atom stereocenters. The highest BCUT2D eigenvalue weighted by atomic mass is 35.5. The smallest absolute Gasteiger partial charge is 0.322 e. The number of piperidine rings is 2. The monoisotopic (exact) mass is 330 g/mol. The predicted octanol–water partition coefficient (Wildman–Crippen LogP) is 0.718. The lowest BCUT2D eigenvalue weighted by molar-refractivity contribution is -0.125. The highest BCUT2D eigenvalue weighted by Gasteiger charge is 2.48. The van der Waals surface area contributed by atoms with E-state index in [-0.39, 0.29) is 30.3 Å². The molecule has 3 rings (SSSR count). The van der Waals surface area contributed by atoms with Crippen LogP contribution in [0.4, 0.5) is 4.79 Å². The Morgan fingerprint density at radius 1 is 1.14 bits per heavy atom. The van der Waals surface area contributed by atoms with Crippen LogP contribution in [0.25, 0.3) is 0 Å². The predicted molar refractivity (Wildman–Crippen MR) is 87.1 cm³/mol. The number of amides is 3. The number of imide groups is 1. The molecule has 0 aromatic heterocycles. The van der Waals surface area contributed by atoms with Gasteiger partial charge in [-0.05, 0) is 70.6 Å². The minimum absolute atomic E-state index is 0. The normalized spacial score (nSPS) is 31.5. The summed E-state index contributed by atoms with van der Waals surface area (Å²) in [6.45, 7) is 7.40. The van der Waals surface area contributed by atoms with Crippen molar-refractivity contribution in [3.05, 3.63) is 0 Å². The molecule has 0 radical (unpaired) electrons. The summed E-state index contributed by atoms with van der Waals surface area (Å²) in [5.41, 5.74) is -0.710. The number of hydrogen-bond acceptors (Lipinski definition) is 4. The molecular formula is C15H27ClN4O2. The molecule has 3 heterocycles. The van der Waals surface area contributed by atoms with Crippen molar-refractivity contribution in [3.63, 3.8) is 0 Å². The first kappa shape index (κ1) is 17.5. The first-order chi connectivity index (χ1) is 10.1. The van der Waals surface area contributed by atoms with Crippen molar-refractivity contribution in [2.45, 2.75) is 38.1 Å². The molecular weight excluding hydrogens is 304 g/mol. The van der Waals surface area contributed by atoms with Gasteiger partial charge in [-0.15, -0.1) is 12.4 Å². The van der Waals surface area contributed by atoms with Gasteiger partial charge in [0.1, 0.15) is 5.54 Å². The van der Waals surface area contributed by atoms with E-state index in [0.29, 0.717) is 0 Å². The second kappa shape index (κ2) is 7.15. The first-order valence-corrected chi connectivity index (χ1v) is 8.14. The van der Waals surface area contributed by atoms with Gasteiger partial charge in [-0.1, -0.05) is 0 Å². The number of hydrogen-bond donors (Lipinski definition) is 3. The third-order valence-corrected chi connectivity index (χ3v) is 5.45. The summed E-state index contributed by atoms with van der Waals surface area (Å²) in [6.07, 6.45) is 4.51. The Balaban J connectivity index is 0.00000176. The van der Waals surface area contributed by atoms with Gasteiger partial charge >= 0.3 is 6.03 Å². The van der Waals surface area contributed by atoms with Crippen LogP contribution in [0.3, 0.4) is 0 Å².